The monoisotopic (exact) mass is 251 g/mol. The minimum atomic E-state index is 0.238. The van der Waals surface area contributed by atoms with Gasteiger partial charge in [0.2, 0.25) is 0 Å². The van der Waals surface area contributed by atoms with Gasteiger partial charge in [-0.25, -0.2) is 0 Å². The number of halogens is 1. The van der Waals surface area contributed by atoms with Gasteiger partial charge >= 0.3 is 0 Å². The minimum absolute atomic E-state index is 0.238. The summed E-state index contributed by atoms with van der Waals surface area (Å²) in [5.41, 5.74) is 0.238. The van der Waals surface area contributed by atoms with Crippen LogP contribution in [0.5, 0.6) is 0 Å². The van der Waals surface area contributed by atoms with Gasteiger partial charge in [-0.15, -0.1) is 11.6 Å². The van der Waals surface area contributed by atoms with Crippen molar-refractivity contribution in [3.8, 4) is 0 Å². The second-order valence-electron chi connectivity index (χ2n) is 4.96. The second kappa shape index (κ2) is 9.23. The molecule has 0 aromatic heterocycles. The van der Waals surface area contributed by atoms with E-state index < -0.39 is 0 Å². The van der Waals surface area contributed by atoms with E-state index in [0.717, 1.165) is 19.6 Å². The number of rotatable bonds is 9. The largest absolute Gasteiger partial charge is 0.382 e. The smallest absolute Gasteiger partial charge is 0.0700 e. The van der Waals surface area contributed by atoms with E-state index in [0.29, 0.717) is 25.1 Å². The summed E-state index contributed by atoms with van der Waals surface area (Å²) in [5.74, 6) is 0.694. The third-order valence-electron chi connectivity index (χ3n) is 2.51. The highest BCUT2D eigenvalue weighted by Crippen LogP contribution is 2.21. The average Bonchev–Trinajstić information content (AvgIpc) is 2.20. The average molecular weight is 252 g/mol. The van der Waals surface area contributed by atoms with E-state index in [1.165, 1.54) is 0 Å². The third-order valence-corrected chi connectivity index (χ3v) is 2.73. The molecule has 0 aliphatic heterocycles. The standard InChI is InChI=1S/C12H26ClNO2/c1-12(2,3)11(5-6-13)14-7-8-16-10-9-15-4/h11,14H,5-10H2,1-4H3. The zero-order chi connectivity index (χ0) is 12.4. The van der Waals surface area contributed by atoms with Crippen LogP contribution in [0.15, 0.2) is 0 Å². The first-order valence-corrected chi connectivity index (χ1v) is 6.42. The van der Waals surface area contributed by atoms with Crippen molar-refractivity contribution >= 4 is 11.6 Å². The highest BCUT2D eigenvalue weighted by Gasteiger charge is 2.22. The fourth-order valence-electron chi connectivity index (χ4n) is 1.50. The van der Waals surface area contributed by atoms with E-state index >= 15 is 0 Å². The Balaban J connectivity index is 3.61. The van der Waals surface area contributed by atoms with Gasteiger partial charge in [-0.1, -0.05) is 20.8 Å². The van der Waals surface area contributed by atoms with Gasteiger partial charge in [0.15, 0.2) is 0 Å². The van der Waals surface area contributed by atoms with Crippen LogP contribution in [-0.4, -0.2) is 45.4 Å². The van der Waals surface area contributed by atoms with Crippen LogP contribution in [0.1, 0.15) is 27.2 Å². The van der Waals surface area contributed by atoms with Crippen LogP contribution in [0.25, 0.3) is 0 Å². The molecular weight excluding hydrogens is 226 g/mol. The highest BCUT2D eigenvalue weighted by molar-refractivity contribution is 6.17. The SMILES string of the molecule is COCCOCCNC(CCCl)C(C)(C)C. The maximum absolute atomic E-state index is 5.80. The fraction of sp³-hybridized carbons (Fsp3) is 1.00. The summed E-state index contributed by atoms with van der Waals surface area (Å²) in [5, 5.41) is 3.49. The van der Waals surface area contributed by atoms with E-state index in [1.54, 1.807) is 7.11 Å². The van der Waals surface area contributed by atoms with Crippen molar-refractivity contribution in [2.45, 2.75) is 33.2 Å². The van der Waals surface area contributed by atoms with Gasteiger partial charge in [0.1, 0.15) is 0 Å². The van der Waals surface area contributed by atoms with Crippen molar-refractivity contribution in [2.75, 3.05) is 39.4 Å². The second-order valence-corrected chi connectivity index (χ2v) is 5.33. The van der Waals surface area contributed by atoms with E-state index in [4.69, 9.17) is 21.1 Å². The summed E-state index contributed by atoms with van der Waals surface area (Å²) in [6.07, 6.45) is 0.989. The lowest BCUT2D eigenvalue weighted by molar-refractivity contribution is 0.0690. The van der Waals surface area contributed by atoms with E-state index in [-0.39, 0.29) is 5.41 Å². The summed E-state index contributed by atoms with van der Waals surface area (Å²) in [7, 11) is 1.68. The molecule has 1 unspecified atom stereocenters. The van der Waals surface area contributed by atoms with Crippen LogP contribution >= 0.6 is 11.6 Å². The molecule has 0 saturated heterocycles. The lowest BCUT2D eigenvalue weighted by Gasteiger charge is -2.31. The molecule has 16 heavy (non-hydrogen) atoms. The van der Waals surface area contributed by atoms with Crippen LogP contribution in [0, 0.1) is 5.41 Å². The van der Waals surface area contributed by atoms with Crippen molar-refractivity contribution in [3.63, 3.8) is 0 Å². The maximum Gasteiger partial charge on any atom is 0.0700 e. The molecule has 0 aromatic carbocycles. The van der Waals surface area contributed by atoms with Crippen molar-refractivity contribution in [1.29, 1.82) is 0 Å². The number of nitrogens with one attached hydrogen (secondary N) is 1. The summed E-state index contributed by atoms with van der Waals surface area (Å²) in [6.45, 7) is 9.58. The van der Waals surface area contributed by atoms with Crippen LogP contribution in [0.3, 0.4) is 0 Å². The number of hydrogen-bond donors (Lipinski definition) is 1. The molecule has 1 N–H and O–H groups in total. The normalized spacial score (nSPS) is 14.1. The molecule has 0 radical (unpaired) electrons. The molecule has 0 aliphatic carbocycles. The zero-order valence-electron chi connectivity index (χ0n) is 11.0. The first kappa shape index (κ1) is 16.2. The molecule has 0 heterocycles. The van der Waals surface area contributed by atoms with Gasteiger partial charge in [0.25, 0.3) is 0 Å². The van der Waals surface area contributed by atoms with Gasteiger partial charge < -0.3 is 14.8 Å². The molecule has 1 atom stereocenters. The quantitative estimate of drug-likeness (QED) is 0.504. The number of alkyl halides is 1. The van der Waals surface area contributed by atoms with Crippen LogP contribution in [-0.2, 0) is 9.47 Å². The maximum atomic E-state index is 5.80. The number of ether oxygens (including phenoxy) is 2. The Bertz CT molecular complexity index is 160. The summed E-state index contributed by atoms with van der Waals surface area (Å²) in [6, 6.07) is 0.441. The number of hydrogen-bond acceptors (Lipinski definition) is 3. The highest BCUT2D eigenvalue weighted by atomic mass is 35.5. The zero-order valence-corrected chi connectivity index (χ0v) is 11.8. The molecule has 0 aliphatic rings. The molecular formula is C12H26ClNO2. The van der Waals surface area contributed by atoms with Gasteiger partial charge in [-0.2, -0.15) is 0 Å². The Hall–Kier alpha value is 0.170. The van der Waals surface area contributed by atoms with Gasteiger partial charge in [0, 0.05) is 25.6 Å². The Morgan fingerprint density at radius 1 is 1.19 bits per heavy atom. The van der Waals surface area contributed by atoms with Gasteiger partial charge in [-0.05, 0) is 11.8 Å². The lowest BCUT2D eigenvalue weighted by Crippen LogP contribution is -2.42. The summed E-state index contributed by atoms with van der Waals surface area (Å²) < 4.78 is 10.3. The predicted molar refractivity (Wildman–Crippen MR) is 69.3 cm³/mol. The number of methoxy groups -OCH3 is 1. The fourth-order valence-corrected chi connectivity index (χ4v) is 1.72. The van der Waals surface area contributed by atoms with Crippen molar-refractivity contribution in [2.24, 2.45) is 5.41 Å². The van der Waals surface area contributed by atoms with Gasteiger partial charge in [0.05, 0.1) is 19.8 Å². The predicted octanol–water partition coefficient (Wildman–Crippen LogP) is 2.28. The Kier molecular flexibility index (Phi) is 9.32. The van der Waals surface area contributed by atoms with Crippen LogP contribution < -0.4 is 5.32 Å². The molecule has 3 nitrogen and oxygen atoms in total. The van der Waals surface area contributed by atoms with Crippen molar-refractivity contribution in [3.05, 3.63) is 0 Å². The van der Waals surface area contributed by atoms with E-state index in [1.807, 2.05) is 0 Å². The van der Waals surface area contributed by atoms with E-state index in [2.05, 4.69) is 26.1 Å². The van der Waals surface area contributed by atoms with Crippen molar-refractivity contribution < 1.29 is 9.47 Å². The minimum Gasteiger partial charge on any atom is -0.382 e. The third kappa shape index (κ3) is 8.34. The first-order valence-electron chi connectivity index (χ1n) is 5.88. The molecule has 0 rings (SSSR count). The molecule has 98 valence electrons. The first-order chi connectivity index (χ1) is 7.52. The van der Waals surface area contributed by atoms with Gasteiger partial charge in [-0.3, -0.25) is 0 Å². The Labute approximate surface area is 105 Å². The molecule has 0 aromatic rings. The molecule has 0 spiro atoms. The van der Waals surface area contributed by atoms with E-state index in [9.17, 15) is 0 Å². The Morgan fingerprint density at radius 2 is 1.88 bits per heavy atom. The molecule has 0 amide bonds. The molecule has 4 heteroatoms. The molecule has 0 bridgehead atoms. The molecule has 0 saturated carbocycles. The molecule has 0 fully saturated rings. The summed E-state index contributed by atoms with van der Waals surface area (Å²) in [4.78, 5) is 0. The topological polar surface area (TPSA) is 30.5 Å². The summed E-state index contributed by atoms with van der Waals surface area (Å²) >= 11 is 5.80. The van der Waals surface area contributed by atoms with Crippen molar-refractivity contribution in [1.82, 2.24) is 5.32 Å². The Morgan fingerprint density at radius 3 is 2.38 bits per heavy atom. The van der Waals surface area contributed by atoms with Crippen LogP contribution in [0.2, 0.25) is 0 Å². The van der Waals surface area contributed by atoms with Crippen LogP contribution in [0.4, 0.5) is 0 Å². The lowest BCUT2D eigenvalue weighted by atomic mass is 9.85.